The van der Waals surface area contributed by atoms with E-state index in [2.05, 4.69) is 13.8 Å². The number of aliphatic hydroxyl groups excluding tert-OH is 2. The van der Waals surface area contributed by atoms with Gasteiger partial charge in [-0.1, -0.05) is 31.1 Å². The van der Waals surface area contributed by atoms with Gasteiger partial charge in [0.15, 0.2) is 5.78 Å². The largest absolute Gasteiger partial charge is 0.393 e. The third kappa shape index (κ3) is 2.13. The van der Waals surface area contributed by atoms with Gasteiger partial charge in [0, 0.05) is 6.42 Å². The van der Waals surface area contributed by atoms with Gasteiger partial charge in [0.1, 0.15) is 0 Å². The summed E-state index contributed by atoms with van der Waals surface area (Å²) in [6.45, 7) is 4.71. The summed E-state index contributed by atoms with van der Waals surface area (Å²) in [6.07, 6.45) is 10.3. The van der Waals surface area contributed by atoms with Gasteiger partial charge < -0.3 is 10.2 Å². The molecule has 0 aromatic carbocycles. The number of carbonyl (C=O) groups is 1. The molecule has 3 saturated carbocycles. The summed E-state index contributed by atoms with van der Waals surface area (Å²) in [5, 5.41) is 20.5. The topological polar surface area (TPSA) is 57.5 Å². The van der Waals surface area contributed by atoms with Crippen LogP contribution in [0.4, 0.5) is 0 Å². The van der Waals surface area contributed by atoms with E-state index in [0.29, 0.717) is 18.3 Å². The van der Waals surface area contributed by atoms with Crippen LogP contribution in [-0.4, -0.2) is 28.7 Å². The fourth-order valence-electron chi connectivity index (χ4n) is 6.98. The normalized spacial score (nSPS) is 49.4. The molecule has 0 aromatic heterocycles. The van der Waals surface area contributed by atoms with E-state index in [4.69, 9.17) is 0 Å². The highest BCUT2D eigenvalue weighted by atomic mass is 16.3. The lowest BCUT2D eigenvalue weighted by Gasteiger charge is -2.59. The molecule has 0 aromatic rings. The molecule has 3 fully saturated rings. The van der Waals surface area contributed by atoms with Crippen molar-refractivity contribution in [3.05, 3.63) is 23.3 Å². The highest BCUT2D eigenvalue weighted by Gasteiger charge is 2.60. The van der Waals surface area contributed by atoms with Gasteiger partial charge in [0.05, 0.1) is 12.7 Å². The minimum atomic E-state index is -0.307. The number of rotatable bonds is 1. The van der Waals surface area contributed by atoms with E-state index >= 15 is 0 Å². The monoisotopic (exact) mass is 330 g/mol. The van der Waals surface area contributed by atoms with E-state index in [9.17, 15) is 15.0 Å². The predicted molar refractivity (Wildman–Crippen MR) is 93.3 cm³/mol. The number of hydrogen-bond donors (Lipinski definition) is 2. The molecule has 24 heavy (non-hydrogen) atoms. The molecular weight excluding hydrogens is 300 g/mol. The van der Waals surface area contributed by atoms with Crippen molar-refractivity contribution >= 4 is 5.78 Å². The molecule has 0 saturated heterocycles. The van der Waals surface area contributed by atoms with E-state index in [-0.39, 0.29) is 35.2 Å². The standard InChI is InChI=1S/C21H30O3/c1-20-9-7-15(23)11-14(20)3-5-16-17-6-4-13(8-10-22)21(17,2)12-18(24)19(16)20/h8,11,16-19,22,24H,3-7,9-10,12H2,1-2H3/b13-8+. The summed E-state index contributed by atoms with van der Waals surface area (Å²) in [7, 11) is 0. The fourth-order valence-corrected chi connectivity index (χ4v) is 6.98. The Kier molecular flexibility index (Phi) is 3.81. The third-order valence-electron chi connectivity index (χ3n) is 8.08. The van der Waals surface area contributed by atoms with Crippen molar-refractivity contribution in [3.63, 3.8) is 0 Å². The van der Waals surface area contributed by atoms with E-state index in [1.54, 1.807) is 0 Å². The first-order valence-corrected chi connectivity index (χ1v) is 9.62. The van der Waals surface area contributed by atoms with Crippen LogP contribution in [0.1, 0.15) is 58.8 Å². The minimum absolute atomic E-state index is 0.00101. The summed E-state index contributed by atoms with van der Waals surface area (Å²) in [4.78, 5) is 11.9. The van der Waals surface area contributed by atoms with Crippen LogP contribution in [0.25, 0.3) is 0 Å². The van der Waals surface area contributed by atoms with E-state index in [0.717, 1.165) is 32.1 Å². The fraction of sp³-hybridized carbons (Fsp3) is 0.762. The average molecular weight is 330 g/mol. The van der Waals surface area contributed by atoms with E-state index < -0.39 is 0 Å². The highest BCUT2D eigenvalue weighted by Crippen LogP contribution is 2.66. The minimum Gasteiger partial charge on any atom is -0.393 e. The van der Waals surface area contributed by atoms with Gasteiger partial charge in [-0.25, -0.2) is 0 Å². The Bertz CT molecular complexity index is 619. The molecule has 0 amide bonds. The quantitative estimate of drug-likeness (QED) is 0.725. The van der Waals surface area contributed by atoms with Crippen molar-refractivity contribution < 1.29 is 15.0 Å². The van der Waals surface area contributed by atoms with E-state index in [1.807, 2.05) is 12.2 Å². The first-order chi connectivity index (χ1) is 11.4. The number of fused-ring (bicyclic) bond motifs is 5. The lowest BCUT2D eigenvalue weighted by Crippen LogP contribution is -2.55. The summed E-state index contributed by atoms with van der Waals surface area (Å²) >= 11 is 0. The maximum Gasteiger partial charge on any atom is 0.155 e. The molecule has 4 aliphatic rings. The van der Waals surface area contributed by atoms with Crippen LogP contribution in [0.2, 0.25) is 0 Å². The predicted octanol–water partition coefficient (Wildman–Crippen LogP) is 3.41. The van der Waals surface area contributed by atoms with Crippen molar-refractivity contribution in [1.82, 2.24) is 0 Å². The van der Waals surface area contributed by atoms with Crippen molar-refractivity contribution in [3.8, 4) is 0 Å². The number of carbonyl (C=O) groups excluding carboxylic acids is 1. The van der Waals surface area contributed by atoms with Crippen molar-refractivity contribution in [1.29, 1.82) is 0 Å². The molecule has 6 atom stereocenters. The van der Waals surface area contributed by atoms with Crippen LogP contribution >= 0.6 is 0 Å². The molecule has 4 rings (SSSR count). The Hall–Kier alpha value is -0.930. The molecule has 4 aliphatic carbocycles. The smallest absolute Gasteiger partial charge is 0.155 e. The zero-order valence-electron chi connectivity index (χ0n) is 14.9. The summed E-state index contributed by atoms with van der Waals surface area (Å²) in [5.74, 6) is 1.71. The van der Waals surface area contributed by atoms with Gasteiger partial charge >= 0.3 is 0 Å². The Morgan fingerprint density at radius 1 is 1.21 bits per heavy atom. The van der Waals surface area contributed by atoms with Gasteiger partial charge in [0.2, 0.25) is 0 Å². The molecule has 0 heterocycles. The second-order valence-electron chi connectivity index (χ2n) is 9.03. The molecule has 6 unspecified atom stereocenters. The van der Waals surface area contributed by atoms with Crippen molar-refractivity contribution in [2.24, 2.45) is 28.6 Å². The first-order valence-electron chi connectivity index (χ1n) is 9.62. The molecule has 0 spiro atoms. The Morgan fingerprint density at radius 3 is 2.75 bits per heavy atom. The van der Waals surface area contributed by atoms with Gasteiger partial charge in [-0.3, -0.25) is 4.79 Å². The second kappa shape index (κ2) is 5.54. The van der Waals surface area contributed by atoms with Crippen LogP contribution in [0.3, 0.4) is 0 Å². The van der Waals surface area contributed by atoms with Gasteiger partial charge in [0.25, 0.3) is 0 Å². The van der Waals surface area contributed by atoms with Crippen molar-refractivity contribution in [2.75, 3.05) is 6.61 Å². The number of aliphatic hydroxyl groups is 2. The SMILES string of the molecule is CC12CCC(=O)C=C1CCC1C2C(O)CC2(C)/C(=C/CO)CCC12. The Balaban J connectivity index is 1.72. The first kappa shape index (κ1) is 16.5. The van der Waals surface area contributed by atoms with Crippen LogP contribution < -0.4 is 0 Å². The zero-order chi connectivity index (χ0) is 17.1. The summed E-state index contributed by atoms with van der Waals surface area (Å²) in [6, 6.07) is 0. The Morgan fingerprint density at radius 2 is 2.00 bits per heavy atom. The zero-order valence-corrected chi connectivity index (χ0v) is 14.9. The number of allylic oxidation sites excluding steroid dienone is 2. The average Bonchev–Trinajstić information content (AvgIpc) is 2.84. The summed E-state index contributed by atoms with van der Waals surface area (Å²) < 4.78 is 0. The van der Waals surface area contributed by atoms with Crippen LogP contribution in [-0.2, 0) is 4.79 Å². The number of hydrogen-bond acceptors (Lipinski definition) is 3. The molecule has 0 aliphatic heterocycles. The number of ketones is 1. The van der Waals surface area contributed by atoms with Gasteiger partial charge in [-0.05, 0) is 73.2 Å². The van der Waals surface area contributed by atoms with Crippen molar-refractivity contribution in [2.45, 2.75) is 64.9 Å². The molecule has 0 radical (unpaired) electrons. The lowest BCUT2D eigenvalue weighted by atomic mass is 9.46. The molecule has 0 bridgehead atoms. The van der Waals surface area contributed by atoms with Crippen LogP contribution in [0.15, 0.2) is 23.3 Å². The molecule has 3 heteroatoms. The second-order valence-corrected chi connectivity index (χ2v) is 9.03. The molecule has 2 N–H and O–H groups in total. The Labute approximate surface area is 144 Å². The maximum absolute atomic E-state index is 11.9. The third-order valence-corrected chi connectivity index (χ3v) is 8.08. The van der Waals surface area contributed by atoms with Crippen LogP contribution in [0, 0.1) is 28.6 Å². The van der Waals surface area contributed by atoms with Gasteiger partial charge in [-0.2, -0.15) is 0 Å². The lowest BCUT2D eigenvalue weighted by molar-refractivity contribution is -0.124. The maximum atomic E-state index is 11.9. The van der Waals surface area contributed by atoms with E-state index in [1.165, 1.54) is 17.6 Å². The van der Waals surface area contributed by atoms with Gasteiger partial charge in [-0.15, -0.1) is 0 Å². The van der Waals surface area contributed by atoms with Crippen LogP contribution in [0.5, 0.6) is 0 Å². The highest BCUT2D eigenvalue weighted by molar-refractivity contribution is 5.91. The summed E-state index contributed by atoms with van der Waals surface area (Å²) in [5.41, 5.74) is 2.71. The molecular formula is C21H30O3. The molecule has 132 valence electrons. The molecule has 3 nitrogen and oxygen atoms in total.